The maximum absolute atomic E-state index is 3.60. The first-order chi connectivity index (χ1) is 3.83. The maximum atomic E-state index is 3.60. The first-order valence-corrected chi connectivity index (χ1v) is 3.41. The van der Waals surface area contributed by atoms with Crippen LogP contribution in [0.2, 0.25) is 0 Å². The minimum atomic E-state index is 0. The summed E-state index contributed by atoms with van der Waals surface area (Å²) < 4.78 is 0. The molecule has 0 aliphatic carbocycles. The van der Waals surface area contributed by atoms with E-state index in [2.05, 4.69) is 27.7 Å². The normalized spacial score (nSPS) is 6.67. The van der Waals surface area contributed by atoms with Crippen LogP contribution in [0.4, 0.5) is 0 Å². The van der Waals surface area contributed by atoms with E-state index in [1.165, 1.54) is 12.8 Å². The van der Waals surface area contributed by atoms with E-state index in [4.69, 9.17) is 0 Å². The van der Waals surface area contributed by atoms with Crippen molar-refractivity contribution in [2.45, 2.75) is 39.5 Å². The Morgan fingerprint density at radius 3 is 1.00 bits per heavy atom. The summed E-state index contributed by atoms with van der Waals surface area (Å²) in [7, 11) is 0. The Hall–Kier alpha value is 0.740. The van der Waals surface area contributed by atoms with E-state index in [1.807, 2.05) is 0 Å². The second-order valence-electron chi connectivity index (χ2n) is 1.71. The minimum Gasteiger partial charge on any atom is -0.343 e. The van der Waals surface area contributed by atoms with Crippen molar-refractivity contribution in [2.75, 3.05) is 0 Å². The molecule has 0 N–H and O–H groups in total. The van der Waals surface area contributed by atoms with Crippen LogP contribution in [0.15, 0.2) is 0 Å². The molecular formula is C8H18Au-2. The summed E-state index contributed by atoms with van der Waals surface area (Å²) in [4.78, 5) is 0. The minimum absolute atomic E-state index is 0. The third-order valence-electron chi connectivity index (χ3n) is 0.707. The predicted molar refractivity (Wildman–Crippen MR) is 40.5 cm³/mol. The van der Waals surface area contributed by atoms with E-state index in [-0.39, 0.29) is 22.4 Å². The standard InChI is InChI=1S/2C4H9.Au/c2*1-3-4-2;/h2*1,3-4H2,2H3;/q2*-1;. The monoisotopic (exact) mass is 311 g/mol. The van der Waals surface area contributed by atoms with Crippen molar-refractivity contribution < 1.29 is 22.4 Å². The molecule has 1 radical (unpaired) electrons. The van der Waals surface area contributed by atoms with E-state index < -0.39 is 0 Å². The Balaban J connectivity index is -0.0000000720. The van der Waals surface area contributed by atoms with E-state index in [9.17, 15) is 0 Å². The summed E-state index contributed by atoms with van der Waals surface area (Å²) in [6, 6.07) is 0. The second kappa shape index (κ2) is 23.3. The van der Waals surface area contributed by atoms with Gasteiger partial charge >= 0.3 is 0 Å². The first-order valence-electron chi connectivity index (χ1n) is 3.41. The van der Waals surface area contributed by atoms with Gasteiger partial charge in [0.2, 0.25) is 0 Å². The summed E-state index contributed by atoms with van der Waals surface area (Å²) in [5.41, 5.74) is 0. The average molecular weight is 311 g/mol. The van der Waals surface area contributed by atoms with E-state index in [0.717, 1.165) is 12.8 Å². The number of hydrogen-bond donors (Lipinski definition) is 0. The van der Waals surface area contributed by atoms with Crippen LogP contribution in [-0.4, -0.2) is 0 Å². The molecular weight excluding hydrogens is 293 g/mol. The van der Waals surface area contributed by atoms with Gasteiger partial charge in [0.05, 0.1) is 0 Å². The molecule has 0 aromatic rings. The zero-order valence-corrected chi connectivity index (χ0v) is 8.71. The predicted octanol–water partition coefficient (Wildman–Crippen LogP) is 3.24. The molecule has 0 aromatic heterocycles. The van der Waals surface area contributed by atoms with Crippen LogP contribution in [-0.2, 0) is 22.4 Å². The van der Waals surface area contributed by atoms with Crippen LogP contribution in [0.5, 0.6) is 0 Å². The largest absolute Gasteiger partial charge is 0.343 e. The quantitative estimate of drug-likeness (QED) is 0.542. The van der Waals surface area contributed by atoms with Crippen molar-refractivity contribution in [3.8, 4) is 0 Å². The van der Waals surface area contributed by atoms with Crippen LogP contribution < -0.4 is 0 Å². The Bertz CT molecular complexity index is 12.5. The Labute approximate surface area is 75.9 Å². The summed E-state index contributed by atoms with van der Waals surface area (Å²) in [5, 5.41) is 0. The molecule has 0 rings (SSSR count). The van der Waals surface area contributed by atoms with Crippen molar-refractivity contribution in [1.29, 1.82) is 0 Å². The van der Waals surface area contributed by atoms with E-state index in [1.54, 1.807) is 0 Å². The SMILES string of the molecule is [Au].[CH2-]CCC.[CH2-]CCC. The first kappa shape index (κ1) is 16.4. The van der Waals surface area contributed by atoms with Gasteiger partial charge in [0.15, 0.2) is 0 Å². The summed E-state index contributed by atoms with van der Waals surface area (Å²) in [6.45, 7) is 11.4. The fourth-order valence-corrected chi connectivity index (χ4v) is 0. The van der Waals surface area contributed by atoms with Gasteiger partial charge in [-0.15, -0.1) is 0 Å². The van der Waals surface area contributed by atoms with Gasteiger partial charge < -0.3 is 13.8 Å². The molecule has 0 unspecified atom stereocenters. The van der Waals surface area contributed by atoms with Crippen molar-refractivity contribution in [1.82, 2.24) is 0 Å². The Morgan fingerprint density at radius 1 is 0.889 bits per heavy atom. The van der Waals surface area contributed by atoms with Gasteiger partial charge in [-0.1, -0.05) is 26.7 Å². The van der Waals surface area contributed by atoms with Crippen LogP contribution in [0.25, 0.3) is 0 Å². The zero-order chi connectivity index (χ0) is 6.83. The van der Waals surface area contributed by atoms with Gasteiger partial charge in [0.1, 0.15) is 0 Å². The molecule has 0 bridgehead atoms. The number of unbranched alkanes of at least 4 members (excludes halogenated alkanes) is 2. The molecule has 0 aliphatic heterocycles. The van der Waals surface area contributed by atoms with Gasteiger partial charge in [-0.25, -0.2) is 0 Å². The summed E-state index contributed by atoms with van der Waals surface area (Å²) >= 11 is 0. The Kier molecular flexibility index (Phi) is 42.4. The van der Waals surface area contributed by atoms with Crippen molar-refractivity contribution in [3.63, 3.8) is 0 Å². The molecule has 63 valence electrons. The molecule has 0 spiro atoms. The zero-order valence-electron chi connectivity index (χ0n) is 6.54. The van der Waals surface area contributed by atoms with Gasteiger partial charge in [-0.3, -0.25) is 0 Å². The third kappa shape index (κ3) is 52.9. The molecule has 9 heavy (non-hydrogen) atoms. The number of rotatable bonds is 2. The van der Waals surface area contributed by atoms with Crippen LogP contribution in [0.3, 0.4) is 0 Å². The number of hydrogen-bond acceptors (Lipinski definition) is 0. The van der Waals surface area contributed by atoms with Crippen LogP contribution >= 0.6 is 0 Å². The maximum Gasteiger partial charge on any atom is 0 e. The van der Waals surface area contributed by atoms with E-state index >= 15 is 0 Å². The fourth-order valence-electron chi connectivity index (χ4n) is 0. The van der Waals surface area contributed by atoms with Gasteiger partial charge in [0.25, 0.3) is 0 Å². The van der Waals surface area contributed by atoms with Crippen molar-refractivity contribution in [3.05, 3.63) is 13.8 Å². The summed E-state index contributed by atoms with van der Waals surface area (Å²) in [5.74, 6) is 0. The molecule has 0 saturated heterocycles. The van der Waals surface area contributed by atoms with Crippen LogP contribution in [0.1, 0.15) is 39.5 Å². The third-order valence-corrected chi connectivity index (χ3v) is 0.707. The molecule has 1 heteroatoms. The molecule has 0 amide bonds. The van der Waals surface area contributed by atoms with Crippen molar-refractivity contribution >= 4 is 0 Å². The molecule has 0 aromatic carbocycles. The topological polar surface area (TPSA) is 0 Å². The fraction of sp³-hybridized carbons (Fsp3) is 0.750. The Morgan fingerprint density at radius 2 is 1.00 bits per heavy atom. The molecule has 0 fully saturated rings. The molecule has 0 saturated carbocycles. The second-order valence-corrected chi connectivity index (χ2v) is 1.71. The molecule has 0 nitrogen and oxygen atoms in total. The average Bonchev–Trinajstić information content (AvgIpc) is 1.88. The van der Waals surface area contributed by atoms with E-state index in [0.29, 0.717) is 0 Å². The molecule has 0 heterocycles. The summed E-state index contributed by atoms with van der Waals surface area (Å²) in [6.07, 6.45) is 4.56. The van der Waals surface area contributed by atoms with Crippen LogP contribution in [0, 0.1) is 13.8 Å². The molecule has 0 aliphatic rings. The van der Waals surface area contributed by atoms with Gasteiger partial charge in [-0.2, -0.15) is 12.8 Å². The van der Waals surface area contributed by atoms with Crippen molar-refractivity contribution in [2.24, 2.45) is 0 Å². The smallest absolute Gasteiger partial charge is 0 e. The van der Waals surface area contributed by atoms with Gasteiger partial charge in [-0.05, 0) is 0 Å². The molecule has 0 atom stereocenters. The van der Waals surface area contributed by atoms with Gasteiger partial charge in [0, 0.05) is 22.4 Å².